The number of anilines is 2. The highest BCUT2D eigenvalue weighted by Gasteiger charge is 2.34. The molecule has 190 valence electrons. The first kappa shape index (κ1) is 25.1. The number of hydrogen-bond donors (Lipinski definition) is 3. The van der Waals surface area contributed by atoms with E-state index in [9.17, 15) is 18.7 Å². The van der Waals surface area contributed by atoms with Crippen LogP contribution in [0.2, 0.25) is 0 Å². The summed E-state index contributed by atoms with van der Waals surface area (Å²) >= 11 is 0. The fraction of sp³-hybridized carbons (Fsp3) is 0.565. The van der Waals surface area contributed by atoms with Crippen molar-refractivity contribution < 1.29 is 23.1 Å². The van der Waals surface area contributed by atoms with Crippen LogP contribution in [0.1, 0.15) is 37.4 Å². The van der Waals surface area contributed by atoms with Gasteiger partial charge < -0.3 is 21.1 Å². The Morgan fingerprint density at radius 3 is 2.66 bits per heavy atom. The second-order valence-electron chi connectivity index (χ2n) is 9.36. The van der Waals surface area contributed by atoms with Crippen LogP contribution in [0.4, 0.5) is 24.8 Å². The third-order valence-corrected chi connectivity index (χ3v) is 6.37. The molecule has 1 saturated heterocycles. The summed E-state index contributed by atoms with van der Waals surface area (Å²) in [4.78, 5) is 26.8. The molecule has 0 aromatic carbocycles. The Morgan fingerprint density at radius 1 is 1.29 bits per heavy atom. The average Bonchev–Trinajstić information content (AvgIpc) is 3.63. The maximum atomic E-state index is 15.4. The van der Waals surface area contributed by atoms with E-state index in [0.29, 0.717) is 31.6 Å². The second kappa shape index (κ2) is 10.3. The number of amides is 1. The van der Waals surface area contributed by atoms with E-state index in [1.54, 1.807) is 15.9 Å². The topological polar surface area (TPSA) is 120 Å². The van der Waals surface area contributed by atoms with Gasteiger partial charge in [-0.3, -0.25) is 14.7 Å². The van der Waals surface area contributed by atoms with Gasteiger partial charge in [0.15, 0.2) is 11.6 Å². The van der Waals surface area contributed by atoms with Crippen LogP contribution in [0.3, 0.4) is 0 Å². The second-order valence-corrected chi connectivity index (χ2v) is 9.36. The highest BCUT2D eigenvalue weighted by molar-refractivity contribution is 5.75. The molecule has 2 aromatic rings. The van der Waals surface area contributed by atoms with Crippen LogP contribution in [-0.4, -0.2) is 69.2 Å². The Kier molecular flexibility index (Phi) is 7.41. The summed E-state index contributed by atoms with van der Waals surface area (Å²) in [6.45, 7) is 2.39. The molecule has 2 fully saturated rings. The van der Waals surface area contributed by atoms with Crippen molar-refractivity contribution in [1.29, 1.82) is 0 Å². The minimum atomic E-state index is -3.03. The number of aliphatic hydroxyl groups excluding tert-OH is 1. The number of likely N-dealkylation sites (tertiary alicyclic amines) is 1. The molecule has 1 aliphatic carbocycles. The van der Waals surface area contributed by atoms with Gasteiger partial charge in [0.1, 0.15) is 12.0 Å². The molecule has 1 amide bonds. The normalized spacial score (nSPS) is 21.1. The summed E-state index contributed by atoms with van der Waals surface area (Å²) < 4.78 is 42.4. The number of nitrogens with zero attached hydrogens (tertiary/aromatic N) is 5. The van der Waals surface area contributed by atoms with Crippen molar-refractivity contribution in [2.75, 3.05) is 36.4 Å². The lowest BCUT2D eigenvalue weighted by atomic mass is 9.93. The summed E-state index contributed by atoms with van der Waals surface area (Å²) in [6, 6.07) is 2.94. The van der Waals surface area contributed by atoms with Gasteiger partial charge in [-0.2, -0.15) is 13.2 Å². The summed E-state index contributed by atoms with van der Waals surface area (Å²) in [6.07, 6.45) is 4.35. The van der Waals surface area contributed by atoms with Crippen molar-refractivity contribution in [3.63, 3.8) is 0 Å². The van der Waals surface area contributed by atoms with E-state index in [4.69, 9.17) is 5.73 Å². The van der Waals surface area contributed by atoms with E-state index >= 15 is 4.39 Å². The van der Waals surface area contributed by atoms with Gasteiger partial charge >= 0.3 is 0 Å². The number of piperidine rings is 1. The molecule has 3 heterocycles. The Morgan fingerprint density at radius 2 is 2.06 bits per heavy atom. The number of rotatable bonds is 10. The summed E-state index contributed by atoms with van der Waals surface area (Å²) in [5, 5.41) is 13.4. The lowest BCUT2D eigenvalue weighted by Crippen LogP contribution is -2.48. The van der Waals surface area contributed by atoms with Crippen molar-refractivity contribution in [2.24, 2.45) is 11.7 Å². The molecule has 12 heteroatoms. The number of aromatic nitrogens is 3. The molecule has 35 heavy (non-hydrogen) atoms. The zero-order valence-corrected chi connectivity index (χ0v) is 19.5. The molecule has 2 aliphatic rings. The molecule has 0 spiro atoms. The molecule has 0 unspecified atom stereocenters. The average molecular weight is 494 g/mol. The van der Waals surface area contributed by atoms with E-state index in [2.05, 4.69) is 20.3 Å². The molecule has 2 atom stereocenters. The van der Waals surface area contributed by atoms with Crippen LogP contribution in [-0.2, 0) is 17.3 Å². The molecule has 4 rings (SSSR count). The Bertz CT molecular complexity index is 1030. The zero-order chi connectivity index (χ0) is 25.2. The maximum Gasteiger partial charge on any atom is 0.286 e. The van der Waals surface area contributed by atoms with Gasteiger partial charge in [-0.15, -0.1) is 0 Å². The minimum Gasteiger partial charge on any atom is -0.391 e. The Balaban J connectivity index is 1.42. The number of β-amino-alcohol motifs (C(OH)–C–C–N with tert-alkyl or cyclic N) is 1. The summed E-state index contributed by atoms with van der Waals surface area (Å²) in [5.74, 6) is -4.06. The first-order chi connectivity index (χ1) is 16.6. The standard InChI is InChI=1S/C23H30F3N7O2/c1-23(25,26)18-5-2-14(8-28-18)10-33(16-3-4-16)22-20(24)21(30-13-31-22)29-9-15-6-7-32(11-17(15)34)12-19(27)35/h2,5,8,13,15-17,34H,3-4,6-7,9-12H2,1H3,(H2,27,35)(H,29,30,31)/t15-,17-/m0/s1. The van der Waals surface area contributed by atoms with E-state index < -0.39 is 23.8 Å². The molecular weight excluding hydrogens is 463 g/mol. The van der Waals surface area contributed by atoms with Crippen molar-refractivity contribution in [3.8, 4) is 0 Å². The molecule has 0 radical (unpaired) electrons. The van der Waals surface area contributed by atoms with Crippen LogP contribution in [0, 0.1) is 11.7 Å². The highest BCUT2D eigenvalue weighted by Crippen LogP contribution is 2.35. The number of alkyl halides is 2. The molecular formula is C23H30F3N7O2. The predicted octanol–water partition coefficient (Wildman–Crippen LogP) is 1.87. The van der Waals surface area contributed by atoms with Gasteiger partial charge in [-0.25, -0.2) is 9.97 Å². The minimum absolute atomic E-state index is 0.0338. The lowest BCUT2D eigenvalue weighted by Gasteiger charge is -2.35. The number of hydrogen-bond acceptors (Lipinski definition) is 8. The SMILES string of the molecule is CC(F)(F)c1ccc(CN(c2ncnc(NC[C@@H]3CCN(CC(N)=O)C[C@@H]3O)c2F)C2CC2)cn1. The van der Waals surface area contributed by atoms with Crippen molar-refractivity contribution in [2.45, 2.75) is 50.8 Å². The Hall–Kier alpha value is -2.99. The number of pyridine rings is 1. The largest absolute Gasteiger partial charge is 0.391 e. The van der Waals surface area contributed by atoms with Gasteiger partial charge in [0, 0.05) is 44.7 Å². The van der Waals surface area contributed by atoms with E-state index in [-0.39, 0.29) is 42.4 Å². The molecule has 1 aliphatic heterocycles. The first-order valence-corrected chi connectivity index (χ1v) is 11.6. The van der Waals surface area contributed by atoms with E-state index in [1.165, 1.54) is 18.6 Å². The maximum absolute atomic E-state index is 15.4. The summed E-state index contributed by atoms with van der Waals surface area (Å²) in [5.41, 5.74) is 5.57. The summed E-state index contributed by atoms with van der Waals surface area (Å²) in [7, 11) is 0. The third-order valence-electron chi connectivity index (χ3n) is 6.37. The van der Waals surface area contributed by atoms with Gasteiger partial charge in [-0.05, 0) is 37.4 Å². The quantitative estimate of drug-likeness (QED) is 0.459. The van der Waals surface area contributed by atoms with Gasteiger partial charge in [0.25, 0.3) is 5.92 Å². The lowest BCUT2D eigenvalue weighted by molar-refractivity contribution is -0.120. The molecule has 2 aromatic heterocycles. The van der Waals surface area contributed by atoms with Gasteiger partial charge in [0.2, 0.25) is 11.7 Å². The van der Waals surface area contributed by atoms with E-state index in [1.807, 2.05) is 0 Å². The van der Waals surface area contributed by atoms with Gasteiger partial charge in [-0.1, -0.05) is 6.07 Å². The fourth-order valence-corrected chi connectivity index (χ4v) is 4.30. The molecule has 9 nitrogen and oxygen atoms in total. The Labute approximate surface area is 201 Å². The number of halogens is 3. The molecule has 4 N–H and O–H groups in total. The smallest absolute Gasteiger partial charge is 0.286 e. The van der Waals surface area contributed by atoms with Crippen LogP contribution >= 0.6 is 0 Å². The highest BCUT2D eigenvalue weighted by atomic mass is 19.3. The van der Waals surface area contributed by atoms with Crippen LogP contribution in [0.5, 0.6) is 0 Å². The number of carbonyl (C=O) groups is 1. The fourth-order valence-electron chi connectivity index (χ4n) is 4.30. The third kappa shape index (κ3) is 6.37. The van der Waals surface area contributed by atoms with Crippen molar-refractivity contribution in [3.05, 3.63) is 41.7 Å². The predicted molar refractivity (Wildman–Crippen MR) is 123 cm³/mol. The number of nitrogens with two attached hydrogens (primary N) is 1. The van der Waals surface area contributed by atoms with E-state index in [0.717, 1.165) is 19.8 Å². The van der Waals surface area contributed by atoms with Crippen molar-refractivity contribution >= 4 is 17.5 Å². The first-order valence-electron chi connectivity index (χ1n) is 11.6. The molecule has 1 saturated carbocycles. The van der Waals surface area contributed by atoms with Gasteiger partial charge in [0.05, 0.1) is 12.6 Å². The number of primary amides is 1. The van der Waals surface area contributed by atoms with Crippen LogP contribution in [0.15, 0.2) is 24.7 Å². The van der Waals surface area contributed by atoms with Crippen LogP contribution < -0.4 is 16.0 Å². The molecule has 0 bridgehead atoms. The zero-order valence-electron chi connectivity index (χ0n) is 19.5. The van der Waals surface area contributed by atoms with Crippen LogP contribution in [0.25, 0.3) is 0 Å². The van der Waals surface area contributed by atoms with Crippen molar-refractivity contribution in [1.82, 2.24) is 19.9 Å². The monoisotopic (exact) mass is 493 g/mol. The number of carbonyl (C=O) groups excluding carboxylic acids is 1. The number of aliphatic hydroxyl groups is 1. The number of nitrogens with one attached hydrogen (secondary N) is 1.